The second-order valence-electron chi connectivity index (χ2n) is 8.60. The number of ether oxygens (including phenoxy) is 1. The molecule has 2 N–H and O–H groups in total. The number of pyridine rings is 1. The first-order valence-corrected chi connectivity index (χ1v) is 11.8. The Morgan fingerprint density at radius 3 is 2.55 bits per heavy atom. The van der Waals surface area contributed by atoms with E-state index in [1.165, 1.54) is 25.7 Å². The molecule has 2 aliphatic rings. The quantitative estimate of drug-likeness (QED) is 0.314. The molecule has 0 spiro atoms. The molecule has 180 valence electrons. The number of hydrogen-bond acceptors (Lipinski definition) is 5. The van der Waals surface area contributed by atoms with E-state index >= 15 is 0 Å². The van der Waals surface area contributed by atoms with E-state index in [-0.39, 0.29) is 24.0 Å². The van der Waals surface area contributed by atoms with Gasteiger partial charge in [0.05, 0.1) is 12.8 Å². The van der Waals surface area contributed by atoms with Crippen molar-refractivity contribution >= 4 is 41.4 Å². The lowest BCUT2D eigenvalue weighted by molar-refractivity contribution is 0.415. The number of guanidine groups is 1. The van der Waals surface area contributed by atoms with E-state index in [9.17, 15) is 0 Å². The van der Waals surface area contributed by atoms with Crippen LogP contribution in [0, 0.1) is 0 Å². The van der Waals surface area contributed by atoms with Crippen LogP contribution in [0.4, 0.5) is 11.5 Å². The number of aromatic nitrogens is 1. The Kier molecular flexibility index (Phi) is 9.90. The molecule has 1 aromatic carbocycles. The van der Waals surface area contributed by atoms with Crippen LogP contribution in [-0.2, 0) is 6.54 Å². The van der Waals surface area contributed by atoms with Crippen LogP contribution in [-0.4, -0.2) is 57.3 Å². The van der Waals surface area contributed by atoms with Gasteiger partial charge in [-0.2, -0.15) is 0 Å². The fraction of sp³-hybridized carbons (Fsp3) is 0.520. The third-order valence-electron chi connectivity index (χ3n) is 6.38. The van der Waals surface area contributed by atoms with Gasteiger partial charge >= 0.3 is 0 Å². The van der Waals surface area contributed by atoms with Crippen molar-refractivity contribution in [3.63, 3.8) is 0 Å². The lowest BCUT2D eigenvalue weighted by atomic mass is 10.2. The third-order valence-corrected chi connectivity index (χ3v) is 6.38. The van der Waals surface area contributed by atoms with E-state index in [0.29, 0.717) is 12.6 Å². The molecule has 2 fully saturated rings. The number of nitrogens with one attached hydrogen (secondary N) is 2. The summed E-state index contributed by atoms with van der Waals surface area (Å²) in [6.07, 6.45) is 8.25. The van der Waals surface area contributed by atoms with Gasteiger partial charge in [0.25, 0.3) is 0 Å². The molecule has 3 heterocycles. The highest BCUT2D eigenvalue weighted by Crippen LogP contribution is 2.30. The van der Waals surface area contributed by atoms with Gasteiger partial charge in [-0.3, -0.25) is 4.99 Å². The summed E-state index contributed by atoms with van der Waals surface area (Å²) >= 11 is 0. The van der Waals surface area contributed by atoms with Crippen molar-refractivity contribution in [2.45, 2.75) is 44.7 Å². The number of para-hydroxylation sites is 2. The van der Waals surface area contributed by atoms with Crippen LogP contribution in [0.25, 0.3) is 0 Å². The molecule has 2 aromatic rings. The largest absolute Gasteiger partial charge is 0.495 e. The minimum atomic E-state index is 0. The fourth-order valence-corrected chi connectivity index (χ4v) is 4.57. The zero-order valence-corrected chi connectivity index (χ0v) is 22.1. The van der Waals surface area contributed by atoms with E-state index in [4.69, 9.17) is 9.72 Å². The van der Waals surface area contributed by atoms with Crippen LogP contribution in [0.15, 0.2) is 47.6 Å². The molecule has 8 heteroatoms. The molecule has 0 bridgehead atoms. The topological polar surface area (TPSA) is 65.0 Å². The van der Waals surface area contributed by atoms with Crippen LogP contribution in [0.3, 0.4) is 0 Å². The number of halogens is 1. The smallest absolute Gasteiger partial charge is 0.191 e. The Morgan fingerprint density at radius 1 is 1.06 bits per heavy atom. The minimum Gasteiger partial charge on any atom is -0.495 e. The van der Waals surface area contributed by atoms with Crippen molar-refractivity contribution in [2.75, 3.05) is 50.1 Å². The molecule has 1 aromatic heterocycles. The molecule has 0 radical (unpaired) electrons. The second kappa shape index (κ2) is 12.9. The number of rotatable bonds is 6. The number of methoxy groups -OCH3 is 1. The number of benzene rings is 1. The molecule has 0 amide bonds. The van der Waals surface area contributed by atoms with E-state index in [0.717, 1.165) is 61.4 Å². The zero-order valence-electron chi connectivity index (χ0n) is 19.8. The minimum absolute atomic E-state index is 0. The van der Waals surface area contributed by atoms with E-state index < -0.39 is 0 Å². The number of hydrogen-bond donors (Lipinski definition) is 2. The first-order valence-electron chi connectivity index (χ1n) is 11.8. The van der Waals surface area contributed by atoms with Gasteiger partial charge < -0.3 is 25.2 Å². The molecule has 1 unspecified atom stereocenters. The van der Waals surface area contributed by atoms with Crippen LogP contribution in [0.2, 0.25) is 0 Å². The van der Waals surface area contributed by atoms with Gasteiger partial charge in [0, 0.05) is 52.0 Å². The van der Waals surface area contributed by atoms with Crippen molar-refractivity contribution in [1.82, 2.24) is 15.6 Å². The van der Waals surface area contributed by atoms with E-state index in [2.05, 4.69) is 49.7 Å². The van der Waals surface area contributed by atoms with Gasteiger partial charge in [-0.1, -0.05) is 31.0 Å². The normalized spacial score (nSPS) is 19.0. The van der Waals surface area contributed by atoms with Gasteiger partial charge in [0.15, 0.2) is 5.96 Å². The molecule has 7 nitrogen and oxygen atoms in total. The monoisotopic (exact) mass is 564 g/mol. The summed E-state index contributed by atoms with van der Waals surface area (Å²) < 4.78 is 5.53. The molecule has 1 atom stereocenters. The number of nitrogens with zero attached hydrogens (tertiary/aromatic N) is 4. The highest BCUT2D eigenvalue weighted by atomic mass is 127. The van der Waals surface area contributed by atoms with Gasteiger partial charge in [-0.05, 0) is 43.0 Å². The lowest BCUT2D eigenvalue weighted by Crippen LogP contribution is -2.44. The molecule has 2 saturated heterocycles. The molecule has 0 saturated carbocycles. The number of anilines is 2. The summed E-state index contributed by atoms with van der Waals surface area (Å²) in [6.45, 7) is 4.86. The second-order valence-corrected chi connectivity index (χ2v) is 8.60. The third kappa shape index (κ3) is 6.88. The predicted molar refractivity (Wildman–Crippen MR) is 147 cm³/mol. The summed E-state index contributed by atoms with van der Waals surface area (Å²) in [7, 11) is 3.55. The molecule has 2 aliphatic heterocycles. The molecule has 33 heavy (non-hydrogen) atoms. The predicted octanol–water partition coefficient (Wildman–Crippen LogP) is 4.03. The summed E-state index contributed by atoms with van der Waals surface area (Å²) in [5, 5.41) is 7.01. The summed E-state index contributed by atoms with van der Waals surface area (Å²) in [5.74, 6) is 2.85. The summed E-state index contributed by atoms with van der Waals surface area (Å²) in [5.41, 5.74) is 2.31. The van der Waals surface area contributed by atoms with E-state index in [1.807, 2.05) is 25.4 Å². The Bertz CT molecular complexity index is 883. The van der Waals surface area contributed by atoms with Gasteiger partial charge in [-0.25, -0.2) is 4.98 Å². The van der Waals surface area contributed by atoms with Crippen molar-refractivity contribution in [1.29, 1.82) is 0 Å². The van der Waals surface area contributed by atoms with Gasteiger partial charge in [0.2, 0.25) is 0 Å². The average Bonchev–Trinajstić information content (AvgIpc) is 3.13. The molecule has 4 rings (SSSR count). The Labute approximate surface area is 215 Å². The molecular formula is C25H37IN6O. The maximum atomic E-state index is 5.53. The first-order chi connectivity index (χ1) is 15.8. The Hall–Kier alpha value is -2.23. The van der Waals surface area contributed by atoms with Crippen molar-refractivity contribution < 1.29 is 4.74 Å². The summed E-state index contributed by atoms with van der Waals surface area (Å²) in [4.78, 5) is 13.9. The maximum Gasteiger partial charge on any atom is 0.191 e. The molecule has 0 aliphatic carbocycles. The highest BCUT2D eigenvalue weighted by Gasteiger charge is 2.25. The maximum absolute atomic E-state index is 5.53. The van der Waals surface area contributed by atoms with Crippen LogP contribution >= 0.6 is 24.0 Å². The van der Waals surface area contributed by atoms with Crippen LogP contribution in [0.5, 0.6) is 5.75 Å². The lowest BCUT2D eigenvalue weighted by Gasteiger charge is -2.22. The van der Waals surface area contributed by atoms with Crippen molar-refractivity contribution in [3.05, 3.63) is 48.2 Å². The number of aliphatic imine (C=N–C) groups is 1. The van der Waals surface area contributed by atoms with Crippen molar-refractivity contribution in [2.24, 2.45) is 4.99 Å². The first kappa shape index (κ1) is 25.4. The highest BCUT2D eigenvalue weighted by molar-refractivity contribution is 14.0. The SMILES string of the molecule is CN=C(NCc1ccc(N2CCCCCC2)nc1)NC1CCN(c2ccccc2OC)C1.I. The van der Waals surface area contributed by atoms with Gasteiger partial charge in [0.1, 0.15) is 11.6 Å². The average molecular weight is 565 g/mol. The zero-order chi connectivity index (χ0) is 22.2. The van der Waals surface area contributed by atoms with Gasteiger partial charge in [-0.15, -0.1) is 24.0 Å². The Morgan fingerprint density at radius 2 is 1.85 bits per heavy atom. The van der Waals surface area contributed by atoms with Crippen LogP contribution in [0.1, 0.15) is 37.7 Å². The Balaban J connectivity index is 0.00000306. The standard InChI is InChI=1S/C25H36N6O.HI/c1-26-25(29-21-13-16-31(19-21)22-9-5-6-10-23(22)32-2)28-18-20-11-12-24(27-17-20)30-14-7-3-4-8-15-30;/h5-6,9-12,17,21H,3-4,7-8,13-16,18-19H2,1-2H3,(H2,26,28,29);1H. The van der Waals surface area contributed by atoms with Crippen molar-refractivity contribution in [3.8, 4) is 5.75 Å². The van der Waals surface area contributed by atoms with E-state index in [1.54, 1.807) is 7.11 Å². The van der Waals surface area contributed by atoms with Crippen LogP contribution < -0.4 is 25.2 Å². The molecular weight excluding hydrogens is 527 g/mol. The fourth-order valence-electron chi connectivity index (χ4n) is 4.57. The summed E-state index contributed by atoms with van der Waals surface area (Å²) in [6, 6.07) is 12.9.